The molecule has 0 unspecified atom stereocenters. The zero-order valence-corrected chi connectivity index (χ0v) is 11.3. The van der Waals surface area contributed by atoms with Crippen LogP contribution < -0.4 is 5.32 Å². The molecule has 2 rings (SSSR count). The maximum absolute atomic E-state index is 11.7. The highest BCUT2D eigenvalue weighted by Crippen LogP contribution is 2.12. The van der Waals surface area contributed by atoms with E-state index in [9.17, 15) is 4.79 Å². The molecular weight excluding hydrogens is 236 g/mol. The second-order valence-corrected chi connectivity index (χ2v) is 4.62. The molecule has 19 heavy (non-hydrogen) atoms. The average molecular weight is 254 g/mol. The van der Waals surface area contributed by atoms with Gasteiger partial charge in [-0.2, -0.15) is 0 Å². The lowest BCUT2D eigenvalue weighted by Gasteiger charge is -2.11. The maximum Gasteiger partial charge on any atom is 0.253 e. The van der Waals surface area contributed by atoms with E-state index in [2.05, 4.69) is 17.4 Å². The van der Waals surface area contributed by atoms with Gasteiger partial charge in [-0.3, -0.25) is 4.79 Å². The molecule has 98 valence electrons. The lowest BCUT2D eigenvalue weighted by atomic mass is 10.1. The summed E-state index contributed by atoms with van der Waals surface area (Å²) in [7, 11) is 3.51. The number of hydrogen-bond donors (Lipinski definition) is 1. The second-order valence-electron chi connectivity index (χ2n) is 4.62. The largest absolute Gasteiger partial charge is 0.381 e. The third-order valence-corrected chi connectivity index (χ3v) is 2.88. The highest BCUT2D eigenvalue weighted by Gasteiger charge is 2.06. The van der Waals surface area contributed by atoms with E-state index in [0.29, 0.717) is 5.56 Å². The topological polar surface area (TPSA) is 32.3 Å². The van der Waals surface area contributed by atoms with Crippen LogP contribution in [0.1, 0.15) is 15.9 Å². The van der Waals surface area contributed by atoms with Crippen LogP contribution in [-0.2, 0) is 6.54 Å². The summed E-state index contributed by atoms with van der Waals surface area (Å²) in [6.45, 7) is 0.780. The van der Waals surface area contributed by atoms with E-state index in [0.717, 1.165) is 12.2 Å². The molecule has 0 spiro atoms. The van der Waals surface area contributed by atoms with E-state index in [4.69, 9.17) is 0 Å². The fraction of sp³-hybridized carbons (Fsp3) is 0.188. The predicted octanol–water partition coefficient (Wildman–Crippen LogP) is 3.00. The first-order valence-corrected chi connectivity index (χ1v) is 6.26. The standard InChI is InChI=1S/C16H18N2O/c1-18(2)16(19)14-8-10-15(11-9-14)17-12-13-6-4-3-5-7-13/h3-11,17H,12H2,1-2H3. The fourth-order valence-corrected chi connectivity index (χ4v) is 1.79. The molecule has 2 aromatic carbocycles. The zero-order valence-electron chi connectivity index (χ0n) is 11.3. The minimum atomic E-state index is 0.0228. The number of nitrogens with one attached hydrogen (secondary N) is 1. The summed E-state index contributed by atoms with van der Waals surface area (Å²) in [6, 6.07) is 17.8. The van der Waals surface area contributed by atoms with Crippen molar-refractivity contribution in [2.24, 2.45) is 0 Å². The van der Waals surface area contributed by atoms with Gasteiger partial charge in [-0.15, -0.1) is 0 Å². The van der Waals surface area contributed by atoms with E-state index in [1.807, 2.05) is 42.5 Å². The monoisotopic (exact) mass is 254 g/mol. The Morgan fingerprint density at radius 1 is 1.00 bits per heavy atom. The van der Waals surface area contributed by atoms with E-state index in [1.165, 1.54) is 5.56 Å². The number of nitrogens with zero attached hydrogens (tertiary/aromatic N) is 1. The van der Waals surface area contributed by atoms with Crippen molar-refractivity contribution in [3.63, 3.8) is 0 Å². The normalized spacial score (nSPS) is 10.0. The molecule has 0 aliphatic carbocycles. The molecule has 0 heterocycles. The molecule has 0 atom stereocenters. The number of carbonyl (C=O) groups excluding carboxylic acids is 1. The molecule has 0 bridgehead atoms. The van der Waals surface area contributed by atoms with Crippen LogP contribution in [0.5, 0.6) is 0 Å². The third kappa shape index (κ3) is 3.58. The van der Waals surface area contributed by atoms with Crippen molar-refractivity contribution in [1.82, 2.24) is 4.90 Å². The molecule has 0 saturated heterocycles. The molecule has 1 N–H and O–H groups in total. The summed E-state index contributed by atoms with van der Waals surface area (Å²) in [5, 5.41) is 3.33. The van der Waals surface area contributed by atoms with Crippen LogP contribution in [0.2, 0.25) is 0 Å². The smallest absolute Gasteiger partial charge is 0.253 e. The van der Waals surface area contributed by atoms with Gasteiger partial charge < -0.3 is 10.2 Å². The summed E-state index contributed by atoms with van der Waals surface area (Å²) in [5.41, 5.74) is 2.95. The van der Waals surface area contributed by atoms with Crippen molar-refractivity contribution in [3.05, 3.63) is 65.7 Å². The Hall–Kier alpha value is -2.29. The lowest BCUT2D eigenvalue weighted by molar-refractivity contribution is 0.0827. The summed E-state index contributed by atoms with van der Waals surface area (Å²) in [4.78, 5) is 13.3. The van der Waals surface area contributed by atoms with Gasteiger partial charge in [0.25, 0.3) is 5.91 Å². The van der Waals surface area contributed by atoms with Gasteiger partial charge in [-0.25, -0.2) is 0 Å². The van der Waals surface area contributed by atoms with Gasteiger partial charge in [-0.05, 0) is 29.8 Å². The fourth-order valence-electron chi connectivity index (χ4n) is 1.79. The number of carbonyl (C=O) groups is 1. The molecule has 3 heteroatoms. The number of hydrogen-bond acceptors (Lipinski definition) is 2. The van der Waals surface area contributed by atoms with E-state index in [1.54, 1.807) is 19.0 Å². The van der Waals surface area contributed by atoms with Gasteiger partial charge in [-0.1, -0.05) is 30.3 Å². The summed E-state index contributed by atoms with van der Waals surface area (Å²) < 4.78 is 0. The predicted molar refractivity (Wildman–Crippen MR) is 78.2 cm³/mol. The quantitative estimate of drug-likeness (QED) is 0.909. The summed E-state index contributed by atoms with van der Waals surface area (Å²) in [5.74, 6) is 0.0228. The van der Waals surface area contributed by atoms with Gasteiger partial charge in [0.2, 0.25) is 0 Å². The van der Waals surface area contributed by atoms with Crippen molar-refractivity contribution in [3.8, 4) is 0 Å². The molecule has 0 aromatic heterocycles. The molecule has 0 saturated carbocycles. The van der Waals surface area contributed by atoms with E-state index < -0.39 is 0 Å². The van der Waals surface area contributed by atoms with Gasteiger partial charge in [0.05, 0.1) is 0 Å². The summed E-state index contributed by atoms with van der Waals surface area (Å²) >= 11 is 0. The van der Waals surface area contributed by atoms with E-state index in [-0.39, 0.29) is 5.91 Å². The van der Waals surface area contributed by atoms with Crippen LogP contribution in [0.4, 0.5) is 5.69 Å². The first-order valence-electron chi connectivity index (χ1n) is 6.26. The Balaban J connectivity index is 1.98. The van der Waals surface area contributed by atoms with Crippen LogP contribution in [0.25, 0.3) is 0 Å². The molecular formula is C16H18N2O. The first-order chi connectivity index (χ1) is 9.16. The van der Waals surface area contributed by atoms with Crippen molar-refractivity contribution >= 4 is 11.6 Å². The maximum atomic E-state index is 11.7. The molecule has 3 nitrogen and oxygen atoms in total. The number of amides is 1. The molecule has 0 aliphatic rings. The Labute approximate surface area is 113 Å². The molecule has 0 fully saturated rings. The average Bonchev–Trinajstić information content (AvgIpc) is 2.46. The van der Waals surface area contributed by atoms with Gasteiger partial charge in [0, 0.05) is 31.9 Å². The first kappa shape index (κ1) is 13.1. The van der Waals surface area contributed by atoms with Crippen LogP contribution in [0, 0.1) is 0 Å². The molecule has 0 aliphatic heterocycles. The number of rotatable bonds is 4. The summed E-state index contributed by atoms with van der Waals surface area (Å²) in [6.07, 6.45) is 0. The molecule has 2 aromatic rings. The van der Waals surface area contributed by atoms with Gasteiger partial charge in [0.1, 0.15) is 0 Å². The minimum absolute atomic E-state index is 0.0228. The van der Waals surface area contributed by atoms with Crippen LogP contribution in [-0.4, -0.2) is 24.9 Å². The van der Waals surface area contributed by atoms with Gasteiger partial charge >= 0.3 is 0 Å². The van der Waals surface area contributed by atoms with Gasteiger partial charge in [0.15, 0.2) is 0 Å². The number of benzene rings is 2. The second kappa shape index (κ2) is 6.05. The van der Waals surface area contributed by atoms with Crippen molar-refractivity contribution < 1.29 is 4.79 Å². The van der Waals surface area contributed by atoms with Crippen molar-refractivity contribution in [2.45, 2.75) is 6.54 Å². The van der Waals surface area contributed by atoms with Crippen LogP contribution in [0.3, 0.4) is 0 Å². The van der Waals surface area contributed by atoms with Crippen molar-refractivity contribution in [2.75, 3.05) is 19.4 Å². The van der Waals surface area contributed by atoms with Crippen LogP contribution in [0.15, 0.2) is 54.6 Å². The third-order valence-electron chi connectivity index (χ3n) is 2.88. The van der Waals surface area contributed by atoms with Crippen LogP contribution >= 0.6 is 0 Å². The Kier molecular flexibility index (Phi) is 4.18. The molecule has 0 radical (unpaired) electrons. The highest BCUT2D eigenvalue weighted by molar-refractivity contribution is 5.94. The Morgan fingerprint density at radius 3 is 2.21 bits per heavy atom. The van der Waals surface area contributed by atoms with Crippen molar-refractivity contribution in [1.29, 1.82) is 0 Å². The molecule has 1 amide bonds. The Bertz CT molecular complexity index is 532. The van der Waals surface area contributed by atoms with E-state index >= 15 is 0 Å². The SMILES string of the molecule is CN(C)C(=O)c1ccc(NCc2ccccc2)cc1. The number of anilines is 1. The minimum Gasteiger partial charge on any atom is -0.381 e. The Morgan fingerprint density at radius 2 is 1.63 bits per heavy atom. The zero-order chi connectivity index (χ0) is 13.7. The lowest BCUT2D eigenvalue weighted by Crippen LogP contribution is -2.21. The highest BCUT2D eigenvalue weighted by atomic mass is 16.2.